The van der Waals surface area contributed by atoms with E-state index in [0.717, 1.165) is 26.1 Å². The molecule has 0 amide bonds. The molecule has 27 heavy (non-hydrogen) atoms. The average molecular weight is 447 g/mol. The van der Waals surface area contributed by atoms with Crippen molar-refractivity contribution in [2.45, 2.75) is 6.42 Å². The predicted octanol–water partition coefficient (Wildman–Crippen LogP) is 2.82. The number of benzene rings is 1. The first kappa shape index (κ1) is 25.7. The molecule has 1 aromatic rings. The Morgan fingerprint density at radius 3 is 2.07 bits per heavy atom. The van der Waals surface area contributed by atoms with Gasteiger partial charge in [0.2, 0.25) is 0 Å². The van der Waals surface area contributed by atoms with Crippen molar-refractivity contribution in [2.75, 3.05) is 46.6 Å². The third-order valence-electron chi connectivity index (χ3n) is 2.75. The van der Waals surface area contributed by atoms with Crippen molar-refractivity contribution in [3.8, 4) is 5.75 Å². The van der Waals surface area contributed by atoms with Crippen LogP contribution in [-0.2, 0) is 19.1 Å². The van der Waals surface area contributed by atoms with E-state index in [1.165, 1.54) is 0 Å². The van der Waals surface area contributed by atoms with Crippen LogP contribution < -0.4 is 10.1 Å². The monoisotopic (exact) mass is 445 g/mol. The van der Waals surface area contributed by atoms with Gasteiger partial charge in [0, 0.05) is 25.3 Å². The van der Waals surface area contributed by atoms with Gasteiger partial charge in [-0.05, 0) is 25.1 Å². The summed E-state index contributed by atoms with van der Waals surface area (Å²) in [7, 11) is 1.70. The molecule has 0 bridgehead atoms. The highest BCUT2D eigenvalue weighted by Crippen LogP contribution is 2.35. The molecular formula is C16H22Cl3NO7. The van der Waals surface area contributed by atoms with Crippen molar-refractivity contribution < 1.29 is 34.0 Å². The van der Waals surface area contributed by atoms with Crippen LogP contribution in [0.15, 0.2) is 12.1 Å². The molecule has 11 heteroatoms. The van der Waals surface area contributed by atoms with E-state index in [1.54, 1.807) is 19.2 Å². The number of hydrogen-bond donors (Lipinski definition) is 3. The van der Waals surface area contributed by atoms with Crippen molar-refractivity contribution in [1.29, 1.82) is 0 Å². The van der Waals surface area contributed by atoms with Gasteiger partial charge in [0.25, 0.3) is 0 Å². The molecule has 0 aliphatic heterocycles. The van der Waals surface area contributed by atoms with Crippen LogP contribution in [0.5, 0.6) is 5.75 Å². The number of carboxylic acids is 2. The molecule has 0 saturated heterocycles. The van der Waals surface area contributed by atoms with Crippen molar-refractivity contribution in [3.05, 3.63) is 27.2 Å². The molecule has 0 fully saturated rings. The van der Waals surface area contributed by atoms with Gasteiger partial charge < -0.3 is 29.7 Å². The number of hydrogen-bond acceptors (Lipinski definition) is 6. The molecule has 1 rings (SSSR count). The Hall–Kier alpha value is -1.29. The van der Waals surface area contributed by atoms with Crippen LogP contribution in [0.1, 0.15) is 6.42 Å². The lowest BCUT2D eigenvalue weighted by Gasteiger charge is -2.11. The average Bonchev–Trinajstić information content (AvgIpc) is 2.58. The maximum atomic E-state index is 9.10. The second kappa shape index (κ2) is 15.7. The van der Waals surface area contributed by atoms with Gasteiger partial charge in [0.05, 0.1) is 23.3 Å². The largest absolute Gasteiger partial charge is 0.488 e. The smallest absolute Gasteiger partial charge is 0.414 e. The Kier molecular flexibility index (Phi) is 15.0. The number of rotatable bonds is 11. The summed E-state index contributed by atoms with van der Waals surface area (Å²) in [5, 5.41) is 19.3. The predicted molar refractivity (Wildman–Crippen MR) is 102 cm³/mol. The van der Waals surface area contributed by atoms with E-state index in [9.17, 15) is 0 Å². The molecule has 0 spiro atoms. The van der Waals surface area contributed by atoms with Gasteiger partial charge in [0.1, 0.15) is 6.61 Å². The Morgan fingerprint density at radius 2 is 1.56 bits per heavy atom. The number of ether oxygens (including phenoxy) is 3. The summed E-state index contributed by atoms with van der Waals surface area (Å²) >= 11 is 17.8. The van der Waals surface area contributed by atoms with E-state index in [0.29, 0.717) is 40.6 Å². The number of halogens is 3. The van der Waals surface area contributed by atoms with E-state index in [2.05, 4.69) is 5.32 Å². The molecule has 0 radical (unpaired) electrons. The molecule has 0 atom stereocenters. The summed E-state index contributed by atoms with van der Waals surface area (Å²) in [4.78, 5) is 18.2. The molecule has 0 saturated carbocycles. The number of nitrogens with one attached hydrogen (secondary N) is 1. The lowest BCUT2D eigenvalue weighted by Crippen LogP contribution is -2.22. The number of aliphatic carboxylic acids is 2. The Balaban J connectivity index is 0.000000972. The lowest BCUT2D eigenvalue weighted by molar-refractivity contribution is -0.159. The lowest BCUT2D eigenvalue weighted by atomic mass is 10.3. The summed E-state index contributed by atoms with van der Waals surface area (Å²) in [5.41, 5.74) is 0. The van der Waals surface area contributed by atoms with Gasteiger partial charge in [-0.15, -0.1) is 0 Å². The van der Waals surface area contributed by atoms with Crippen molar-refractivity contribution in [2.24, 2.45) is 0 Å². The van der Waals surface area contributed by atoms with Gasteiger partial charge in [-0.25, -0.2) is 9.59 Å². The Morgan fingerprint density at radius 1 is 0.963 bits per heavy atom. The van der Waals surface area contributed by atoms with Gasteiger partial charge in [-0.3, -0.25) is 0 Å². The summed E-state index contributed by atoms with van der Waals surface area (Å²) in [6.45, 7) is 3.96. The molecular weight excluding hydrogens is 425 g/mol. The molecule has 3 N–H and O–H groups in total. The van der Waals surface area contributed by atoms with Crippen LogP contribution >= 0.6 is 34.8 Å². The maximum absolute atomic E-state index is 9.10. The van der Waals surface area contributed by atoms with Gasteiger partial charge in [-0.1, -0.05) is 34.8 Å². The topological polar surface area (TPSA) is 114 Å². The summed E-state index contributed by atoms with van der Waals surface area (Å²) in [6, 6.07) is 3.18. The van der Waals surface area contributed by atoms with Crippen molar-refractivity contribution in [3.63, 3.8) is 0 Å². The first-order valence-electron chi connectivity index (χ1n) is 7.80. The fraction of sp³-hybridized carbons (Fsp3) is 0.500. The van der Waals surface area contributed by atoms with Crippen LogP contribution in [0.4, 0.5) is 0 Å². The second-order valence-electron chi connectivity index (χ2n) is 4.87. The Bertz CT molecular complexity index is 552. The second-order valence-corrected chi connectivity index (χ2v) is 6.12. The zero-order valence-electron chi connectivity index (χ0n) is 14.7. The number of methoxy groups -OCH3 is 1. The molecule has 154 valence electrons. The summed E-state index contributed by atoms with van der Waals surface area (Å²) in [5.74, 6) is -3.21. The molecule has 0 aliphatic carbocycles. The highest BCUT2D eigenvalue weighted by atomic mass is 35.5. The minimum atomic E-state index is -1.82. The molecule has 0 unspecified atom stereocenters. The van der Waals surface area contributed by atoms with Crippen LogP contribution in [-0.4, -0.2) is 68.8 Å². The third-order valence-corrected chi connectivity index (χ3v) is 3.52. The maximum Gasteiger partial charge on any atom is 0.414 e. The van der Waals surface area contributed by atoms with Gasteiger partial charge in [-0.2, -0.15) is 0 Å². The fourth-order valence-electron chi connectivity index (χ4n) is 1.58. The standard InChI is InChI=1S/C14H20Cl3NO3.C2H2O4/c1-19-5-2-3-18-4-6-20-7-8-21-14-12(16)9-11(15)10-13(14)17;3-1(4)2(5)6/h9-10,18H,2-8H2,1H3;(H,3,4)(H,5,6). The molecule has 0 aliphatic rings. The van der Waals surface area contributed by atoms with Crippen LogP contribution in [0.3, 0.4) is 0 Å². The van der Waals surface area contributed by atoms with E-state index >= 15 is 0 Å². The minimum Gasteiger partial charge on any atom is -0.488 e. The minimum absolute atomic E-state index is 0.380. The highest BCUT2D eigenvalue weighted by Gasteiger charge is 2.08. The molecule has 0 aromatic heterocycles. The van der Waals surface area contributed by atoms with E-state index in [1.807, 2.05) is 0 Å². The fourth-order valence-corrected chi connectivity index (χ4v) is 2.51. The number of carbonyl (C=O) groups is 2. The third kappa shape index (κ3) is 13.5. The Labute approximate surface area is 172 Å². The van der Waals surface area contributed by atoms with Gasteiger partial charge in [0.15, 0.2) is 5.75 Å². The number of carboxylic acid groups (broad SMARTS) is 2. The van der Waals surface area contributed by atoms with Crippen molar-refractivity contribution in [1.82, 2.24) is 5.32 Å². The summed E-state index contributed by atoms with van der Waals surface area (Å²) < 4.78 is 15.9. The highest BCUT2D eigenvalue weighted by molar-refractivity contribution is 6.40. The SMILES string of the molecule is COCCCNCCOCCOc1c(Cl)cc(Cl)cc1Cl.O=C(O)C(=O)O. The normalized spacial score (nSPS) is 10.1. The zero-order valence-corrected chi connectivity index (χ0v) is 16.9. The van der Waals surface area contributed by atoms with Crippen LogP contribution in [0.2, 0.25) is 15.1 Å². The van der Waals surface area contributed by atoms with Crippen LogP contribution in [0, 0.1) is 0 Å². The first-order valence-corrected chi connectivity index (χ1v) is 8.94. The van der Waals surface area contributed by atoms with Crippen LogP contribution in [0.25, 0.3) is 0 Å². The van der Waals surface area contributed by atoms with E-state index in [4.69, 9.17) is 68.8 Å². The molecule has 1 aromatic carbocycles. The first-order chi connectivity index (χ1) is 12.8. The molecule has 8 nitrogen and oxygen atoms in total. The zero-order chi connectivity index (χ0) is 20.7. The van der Waals surface area contributed by atoms with Gasteiger partial charge >= 0.3 is 11.9 Å². The van der Waals surface area contributed by atoms with E-state index in [-0.39, 0.29) is 0 Å². The summed E-state index contributed by atoms with van der Waals surface area (Å²) in [6.07, 6.45) is 0.993. The van der Waals surface area contributed by atoms with Crippen molar-refractivity contribution >= 4 is 46.7 Å². The quantitative estimate of drug-likeness (QED) is 0.351. The van der Waals surface area contributed by atoms with E-state index < -0.39 is 11.9 Å². The molecule has 0 heterocycles.